The van der Waals surface area contributed by atoms with Crippen molar-refractivity contribution in [1.29, 1.82) is 0 Å². The second-order valence-corrected chi connectivity index (χ2v) is 8.47. The average molecular weight is 570 g/mol. The first-order valence-electron chi connectivity index (χ1n) is 9.15. The van der Waals surface area contributed by atoms with Crippen molar-refractivity contribution >= 4 is 55.6 Å². The zero-order valence-corrected chi connectivity index (χ0v) is 20.2. The quantitative estimate of drug-likeness (QED) is 0.296. The van der Waals surface area contributed by atoms with Crippen LogP contribution in [0.1, 0.15) is 31.2 Å². The van der Waals surface area contributed by atoms with Crippen LogP contribution in [0.4, 0.5) is 0 Å². The van der Waals surface area contributed by atoms with E-state index in [1.807, 2.05) is 24.3 Å². The van der Waals surface area contributed by atoms with Crippen LogP contribution in [0.2, 0.25) is 0 Å². The van der Waals surface area contributed by atoms with Gasteiger partial charge in [-0.2, -0.15) is 9.78 Å². The van der Waals surface area contributed by atoms with Crippen molar-refractivity contribution in [3.63, 3.8) is 0 Å². The van der Waals surface area contributed by atoms with Crippen LogP contribution in [0, 0.1) is 3.57 Å². The number of halogens is 2. The van der Waals surface area contributed by atoms with Gasteiger partial charge in [0.05, 0.1) is 34.9 Å². The fourth-order valence-electron chi connectivity index (χ4n) is 2.95. The number of nitrogens with zero attached hydrogens (tertiary/aromatic N) is 3. The van der Waals surface area contributed by atoms with E-state index in [0.29, 0.717) is 34.6 Å². The highest BCUT2D eigenvalue weighted by Gasteiger charge is 2.12. The predicted molar refractivity (Wildman–Crippen MR) is 128 cm³/mol. The molecule has 1 aromatic heterocycles. The van der Waals surface area contributed by atoms with Gasteiger partial charge >= 0.3 is 0 Å². The van der Waals surface area contributed by atoms with Gasteiger partial charge in [0.25, 0.3) is 5.56 Å². The Morgan fingerprint density at radius 3 is 2.72 bits per heavy atom. The lowest BCUT2D eigenvalue weighted by Crippen LogP contribution is -2.22. The van der Waals surface area contributed by atoms with Crippen molar-refractivity contribution in [3.05, 3.63) is 60.1 Å². The maximum absolute atomic E-state index is 13.1. The van der Waals surface area contributed by atoms with Gasteiger partial charge in [0.15, 0.2) is 11.5 Å². The molecule has 2 aromatic carbocycles. The summed E-state index contributed by atoms with van der Waals surface area (Å²) >= 11 is 5.61. The van der Waals surface area contributed by atoms with E-state index in [1.54, 1.807) is 26.5 Å². The van der Waals surface area contributed by atoms with Gasteiger partial charge in [-0.15, -0.1) is 0 Å². The minimum atomic E-state index is -0.186. The molecule has 3 aromatic rings. The summed E-state index contributed by atoms with van der Waals surface area (Å²) in [6, 6.07) is 9.26. The van der Waals surface area contributed by atoms with Gasteiger partial charge in [-0.3, -0.25) is 4.79 Å². The van der Waals surface area contributed by atoms with Crippen LogP contribution in [0.3, 0.4) is 0 Å². The van der Waals surface area contributed by atoms with Crippen LogP contribution >= 0.6 is 38.5 Å². The van der Waals surface area contributed by atoms with Gasteiger partial charge in [-0.05, 0) is 64.9 Å². The number of methoxy groups -OCH3 is 2. The third-order valence-corrected chi connectivity index (χ3v) is 5.70. The van der Waals surface area contributed by atoms with Crippen molar-refractivity contribution in [3.8, 4) is 11.5 Å². The van der Waals surface area contributed by atoms with Crippen LogP contribution < -0.4 is 15.0 Å². The minimum Gasteiger partial charge on any atom is -0.493 e. The first kappa shape index (κ1) is 21.8. The van der Waals surface area contributed by atoms with E-state index in [4.69, 9.17) is 9.47 Å². The minimum absolute atomic E-state index is 0.186. The third kappa shape index (κ3) is 4.80. The SMILES string of the molecule is CCCCc1nc2ccc(Br)cc2c(=O)n1N=Cc1cc(I)c(OC)c(OC)c1. The van der Waals surface area contributed by atoms with Crippen LogP contribution in [-0.4, -0.2) is 30.1 Å². The summed E-state index contributed by atoms with van der Waals surface area (Å²) in [5.74, 6) is 1.93. The zero-order valence-electron chi connectivity index (χ0n) is 16.4. The molecule has 0 N–H and O–H groups in total. The number of benzene rings is 2. The predicted octanol–water partition coefficient (Wildman–Crippen LogP) is 5.01. The lowest BCUT2D eigenvalue weighted by Gasteiger charge is -2.11. The van der Waals surface area contributed by atoms with Crippen molar-refractivity contribution in [2.75, 3.05) is 14.2 Å². The summed E-state index contributed by atoms with van der Waals surface area (Å²) < 4.78 is 13.9. The van der Waals surface area contributed by atoms with Gasteiger partial charge in [0.1, 0.15) is 5.82 Å². The standard InChI is InChI=1S/C21H21BrIN3O3/c1-4-5-6-19-25-17-8-7-14(22)11-15(17)21(27)26(19)24-12-13-9-16(23)20(29-3)18(10-13)28-2/h7-12H,4-6H2,1-3H3. The Balaban J connectivity index is 2.12. The first-order chi connectivity index (χ1) is 14.0. The summed E-state index contributed by atoms with van der Waals surface area (Å²) in [6.45, 7) is 2.11. The highest BCUT2D eigenvalue weighted by Crippen LogP contribution is 2.33. The van der Waals surface area contributed by atoms with Gasteiger partial charge in [-0.25, -0.2) is 4.98 Å². The molecule has 29 heavy (non-hydrogen) atoms. The Morgan fingerprint density at radius 1 is 1.24 bits per heavy atom. The average Bonchev–Trinajstić information content (AvgIpc) is 2.71. The fraction of sp³-hybridized carbons (Fsp3) is 0.286. The van der Waals surface area contributed by atoms with Gasteiger partial charge in [-0.1, -0.05) is 29.3 Å². The molecular formula is C21H21BrIN3O3. The molecule has 0 aliphatic rings. The first-order valence-corrected chi connectivity index (χ1v) is 11.0. The maximum Gasteiger partial charge on any atom is 0.282 e. The van der Waals surface area contributed by atoms with Crippen molar-refractivity contribution in [2.24, 2.45) is 5.10 Å². The van der Waals surface area contributed by atoms with E-state index in [0.717, 1.165) is 26.4 Å². The molecule has 8 heteroatoms. The summed E-state index contributed by atoms with van der Waals surface area (Å²) in [5, 5.41) is 5.01. The molecule has 0 bridgehead atoms. The molecular weight excluding hydrogens is 549 g/mol. The lowest BCUT2D eigenvalue weighted by atomic mass is 10.2. The van der Waals surface area contributed by atoms with Crippen LogP contribution in [-0.2, 0) is 6.42 Å². The van der Waals surface area contributed by atoms with E-state index >= 15 is 0 Å². The third-order valence-electron chi connectivity index (χ3n) is 4.41. The summed E-state index contributed by atoms with van der Waals surface area (Å²) in [6.07, 6.45) is 4.26. The Bertz CT molecular complexity index is 1130. The molecule has 0 saturated heterocycles. The lowest BCUT2D eigenvalue weighted by molar-refractivity contribution is 0.353. The molecule has 0 saturated carbocycles. The number of aryl methyl sites for hydroxylation is 1. The molecule has 3 rings (SSSR count). The maximum atomic E-state index is 13.1. The molecule has 152 valence electrons. The Hall–Kier alpha value is -1.94. The second-order valence-electron chi connectivity index (χ2n) is 6.39. The number of hydrogen-bond acceptors (Lipinski definition) is 5. The highest BCUT2D eigenvalue weighted by molar-refractivity contribution is 14.1. The smallest absolute Gasteiger partial charge is 0.282 e. The second kappa shape index (κ2) is 9.71. The van der Waals surface area contributed by atoms with E-state index in [2.05, 4.69) is 55.5 Å². The molecule has 0 aliphatic heterocycles. The van der Waals surface area contributed by atoms with E-state index < -0.39 is 0 Å². The molecule has 0 spiro atoms. The molecule has 0 fully saturated rings. The molecule has 0 aliphatic carbocycles. The number of hydrogen-bond donors (Lipinski definition) is 0. The molecule has 0 amide bonds. The number of ether oxygens (including phenoxy) is 2. The highest BCUT2D eigenvalue weighted by atomic mass is 127. The van der Waals surface area contributed by atoms with Crippen molar-refractivity contribution in [2.45, 2.75) is 26.2 Å². The molecule has 0 atom stereocenters. The number of aromatic nitrogens is 2. The van der Waals surface area contributed by atoms with Crippen LogP contribution in [0.5, 0.6) is 11.5 Å². The van der Waals surface area contributed by atoms with E-state index in [9.17, 15) is 4.79 Å². The van der Waals surface area contributed by atoms with Crippen LogP contribution in [0.25, 0.3) is 10.9 Å². The number of fused-ring (bicyclic) bond motifs is 1. The van der Waals surface area contributed by atoms with Gasteiger partial charge in [0, 0.05) is 10.9 Å². The summed E-state index contributed by atoms with van der Waals surface area (Å²) in [4.78, 5) is 17.8. The van der Waals surface area contributed by atoms with Crippen LogP contribution in [0.15, 0.2) is 44.7 Å². The van der Waals surface area contributed by atoms with E-state index in [1.165, 1.54) is 4.68 Å². The van der Waals surface area contributed by atoms with Gasteiger partial charge < -0.3 is 9.47 Å². The number of unbranched alkanes of at least 4 members (excludes halogenated alkanes) is 1. The summed E-state index contributed by atoms with van der Waals surface area (Å²) in [7, 11) is 3.19. The number of rotatable bonds is 7. The molecule has 6 nitrogen and oxygen atoms in total. The van der Waals surface area contributed by atoms with Crippen molar-refractivity contribution in [1.82, 2.24) is 9.66 Å². The monoisotopic (exact) mass is 569 g/mol. The fourth-order valence-corrected chi connectivity index (χ4v) is 4.15. The Kier molecular flexibility index (Phi) is 7.28. The zero-order chi connectivity index (χ0) is 21.0. The molecule has 0 radical (unpaired) electrons. The molecule has 0 unspecified atom stereocenters. The largest absolute Gasteiger partial charge is 0.493 e. The van der Waals surface area contributed by atoms with E-state index in [-0.39, 0.29) is 5.56 Å². The van der Waals surface area contributed by atoms with Gasteiger partial charge in [0.2, 0.25) is 0 Å². The van der Waals surface area contributed by atoms with Crippen molar-refractivity contribution < 1.29 is 9.47 Å². The Labute approximate surface area is 191 Å². The Morgan fingerprint density at radius 2 is 2.03 bits per heavy atom. The summed E-state index contributed by atoms with van der Waals surface area (Å²) in [5.41, 5.74) is 1.29. The topological polar surface area (TPSA) is 65.7 Å². The molecule has 1 heterocycles. The normalized spacial score (nSPS) is 11.3.